The summed E-state index contributed by atoms with van der Waals surface area (Å²) in [5.74, 6) is -0.533. The van der Waals surface area contributed by atoms with Crippen LogP contribution in [0.2, 0.25) is 0 Å². The minimum atomic E-state index is -3.92. The Hall–Kier alpha value is -5.20. The third-order valence-corrected chi connectivity index (χ3v) is 11.1. The normalized spacial score (nSPS) is 16.1. The summed E-state index contributed by atoms with van der Waals surface area (Å²) >= 11 is 0. The number of aryl methyl sites for hydroxylation is 1. The Balaban J connectivity index is 0.00000504. The van der Waals surface area contributed by atoms with Crippen molar-refractivity contribution in [2.75, 3.05) is 23.7 Å². The molecule has 3 heterocycles. The van der Waals surface area contributed by atoms with Crippen LogP contribution >= 0.6 is 0 Å². The lowest BCUT2D eigenvalue weighted by atomic mass is 9.83. The van der Waals surface area contributed by atoms with Crippen molar-refractivity contribution >= 4 is 43.8 Å². The molecule has 0 saturated carbocycles. The quantitative estimate of drug-likeness (QED) is 0.118. The Morgan fingerprint density at radius 1 is 1.08 bits per heavy atom. The van der Waals surface area contributed by atoms with E-state index in [9.17, 15) is 13.2 Å². The number of nitrogens with zero attached hydrogens (tertiary/aromatic N) is 4. The second-order valence-corrected chi connectivity index (χ2v) is 14.4. The molecule has 260 valence electrons. The first-order chi connectivity index (χ1) is 24.1. The van der Waals surface area contributed by atoms with Crippen molar-refractivity contribution in [1.82, 2.24) is 14.3 Å². The van der Waals surface area contributed by atoms with E-state index in [1.54, 1.807) is 18.5 Å². The van der Waals surface area contributed by atoms with Crippen molar-refractivity contribution in [2.45, 2.75) is 64.0 Å². The van der Waals surface area contributed by atoms with Crippen LogP contribution in [0.25, 0.3) is 10.8 Å². The Bertz CT molecular complexity index is 2170. The number of carbonyl (C=O) groups is 1. The van der Waals surface area contributed by atoms with Crippen LogP contribution in [0.15, 0.2) is 95.3 Å². The number of hydrogen-bond donors (Lipinski definition) is 3. The molecule has 12 heteroatoms. The van der Waals surface area contributed by atoms with Crippen LogP contribution in [0.5, 0.6) is 5.88 Å². The number of benzene rings is 3. The summed E-state index contributed by atoms with van der Waals surface area (Å²) in [6.45, 7) is 8.76. The maximum atomic E-state index is 14.0. The van der Waals surface area contributed by atoms with E-state index >= 15 is 0 Å². The number of ether oxygens (including phenoxy) is 1. The van der Waals surface area contributed by atoms with Crippen molar-refractivity contribution in [1.29, 1.82) is 5.53 Å². The van der Waals surface area contributed by atoms with Crippen LogP contribution in [0, 0.1) is 19.4 Å². The fourth-order valence-electron chi connectivity index (χ4n) is 6.53. The third kappa shape index (κ3) is 6.94. The molecule has 0 saturated heterocycles. The number of sulfonamides is 1. The van der Waals surface area contributed by atoms with Gasteiger partial charge in [-0.1, -0.05) is 55.5 Å². The molecular weight excluding hydrogens is 651 g/mol. The van der Waals surface area contributed by atoms with E-state index in [1.165, 1.54) is 16.6 Å². The molecule has 0 radical (unpaired) electrons. The second kappa shape index (κ2) is 14.7. The number of rotatable bonds is 11. The van der Waals surface area contributed by atoms with Gasteiger partial charge in [0.05, 0.1) is 24.1 Å². The summed E-state index contributed by atoms with van der Waals surface area (Å²) in [7, 11) is -3.92. The largest absolute Gasteiger partial charge is 0.472 e. The van der Waals surface area contributed by atoms with Crippen LogP contribution < -0.4 is 15.4 Å². The van der Waals surface area contributed by atoms with Crippen LogP contribution in [0.3, 0.4) is 0 Å². The predicted octanol–water partition coefficient (Wildman–Crippen LogP) is 8.11. The van der Waals surface area contributed by atoms with Gasteiger partial charge < -0.3 is 15.4 Å². The number of amides is 1. The van der Waals surface area contributed by atoms with Gasteiger partial charge in [0.15, 0.2) is 0 Å². The summed E-state index contributed by atoms with van der Waals surface area (Å²) in [5, 5.41) is 12.0. The molecule has 1 amide bonds. The lowest BCUT2D eigenvalue weighted by Gasteiger charge is -2.25. The monoisotopic (exact) mass is 693 g/mol. The fourth-order valence-corrected chi connectivity index (χ4v) is 8.05. The van der Waals surface area contributed by atoms with E-state index in [0.29, 0.717) is 24.3 Å². The number of nitrogens with one attached hydrogen (secondary N) is 3. The Morgan fingerprint density at radius 3 is 2.68 bits per heavy atom. The summed E-state index contributed by atoms with van der Waals surface area (Å²) < 4.78 is 35.4. The van der Waals surface area contributed by atoms with Gasteiger partial charge in [0.1, 0.15) is 16.7 Å². The minimum absolute atomic E-state index is 0. The number of anilines is 2. The molecule has 1 aliphatic rings. The first-order valence-corrected chi connectivity index (χ1v) is 18.2. The molecule has 1 aliphatic heterocycles. The SMILES string of the molecule is CCNc1ccc([C@@H](CC(=O)Nc2cncc3ccccc23)c2ccc(C)c(CN3C[C@@H](CC)Oc4ncccc4S3(=O)=O)c2)c(C)c1N=N.[HH]. The zero-order valence-corrected chi connectivity index (χ0v) is 29.4. The lowest BCUT2D eigenvalue weighted by Crippen LogP contribution is -2.36. The molecule has 0 fully saturated rings. The topological polar surface area (TPSA) is 150 Å². The van der Waals surface area contributed by atoms with Crippen molar-refractivity contribution in [3.05, 3.63) is 113 Å². The molecule has 6 rings (SSSR count). The maximum Gasteiger partial charge on any atom is 0.248 e. The highest BCUT2D eigenvalue weighted by atomic mass is 32.2. The van der Waals surface area contributed by atoms with Gasteiger partial charge >= 0.3 is 0 Å². The molecule has 0 aliphatic carbocycles. The highest BCUT2D eigenvalue weighted by molar-refractivity contribution is 7.89. The van der Waals surface area contributed by atoms with Crippen molar-refractivity contribution in [2.24, 2.45) is 5.11 Å². The summed E-state index contributed by atoms with van der Waals surface area (Å²) in [6.07, 6.45) is 5.26. The van der Waals surface area contributed by atoms with E-state index in [2.05, 4.69) is 25.7 Å². The van der Waals surface area contributed by atoms with Gasteiger partial charge in [-0.15, -0.1) is 0 Å². The standard InChI is InChI=1S/C38H41N7O4S.H2/c1-5-29-23-45(50(47,48)35-12-9-17-42-38(35)49-29)22-28-18-26(14-13-24(28)3)32(30-15-16-33(41-6-2)37(44-39)25(30)4)19-36(46)43-34-21-40-20-27-10-7-8-11-31(27)34;/h7-18,20-21,29,32,39,41H,5-6,19,22-23H2,1-4H3,(H,43,46);1H/t29-,32+;/m1./s1. The van der Waals surface area contributed by atoms with Crippen LogP contribution in [0.4, 0.5) is 17.1 Å². The van der Waals surface area contributed by atoms with Gasteiger partial charge in [0.25, 0.3) is 0 Å². The number of aromatic nitrogens is 2. The molecule has 11 nitrogen and oxygen atoms in total. The average Bonchev–Trinajstić information content (AvgIpc) is 3.22. The van der Waals surface area contributed by atoms with Gasteiger partial charge in [-0.25, -0.2) is 18.9 Å². The predicted molar refractivity (Wildman–Crippen MR) is 197 cm³/mol. The van der Waals surface area contributed by atoms with Gasteiger partial charge in [0, 0.05) is 50.0 Å². The average molecular weight is 694 g/mol. The van der Waals surface area contributed by atoms with Crippen molar-refractivity contribution in [3.63, 3.8) is 0 Å². The lowest BCUT2D eigenvalue weighted by molar-refractivity contribution is -0.116. The Kier molecular flexibility index (Phi) is 10.2. The van der Waals surface area contributed by atoms with E-state index in [4.69, 9.17) is 10.3 Å². The van der Waals surface area contributed by atoms with E-state index in [0.717, 1.165) is 44.3 Å². The van der Waals surface area contributed by atoms with E-state index < -0.39 is 15.9 Å². The Morgan fingerprint density at radius 2 is 1.90 bits per heavy atom. The minimum Gasteiger partial charge on any atom is -0.472 e. The summed E-state index contributed by atoms with van der Waals surface area (Å²) in [4.78, 5) is 22.5. The summed E-state index contributed by atoms with van der Waals surface area (Å²) in [6, 6.07) is 20.7. The molecular formula is C38H43N7O4S. The molecule has 0 spiro atoms. The summed E-state index contributed by atoms with van der Waals surface area (Å²) in [5.41, 5.74) is 14.0. The number of carbonyl (C=O) groups excluding carboxylic acids is 1. The first-order valence-electron chi connectivity index (χ1n) is 16.7. The van der Waals surface area contributed by atoms with Crippen molar-refractivity contribution in [3.8, 4) is 5.88 Å². The molecule has 50 heavy (non-hydrogen) atoms. The molecule has 3 N–H and O–H groups in total. The van der Waals surface area contributed by atoms with Gasteiger partial charge in [-0.05, 0) is 73.2 Å². The fraction of sp³-hybridized carbons (Fsp3) is 0.289. The number of hydrogen-bond acceptors (Lipinski definition) is 9. The van der Waals surface area contributed by atoms with E-state index in [1.807, 2.05) is 82.3 Å². The molecule has 0 bridgehead atoms. The first kappa shape index (κ1) is 34.7. The molecule has 5 aromatic rings. The highest BCUT2D eigenvalue weighted by Crippen LogP contribution is 2.40. The zero-order valence-electron chi connectivity index (χ0n) is 28.6. The molecule has 2 atom stereocenters. The third-order valence-electron chi connectivity index (χ3n) is 9.28. The number of pyridine rings is 2. The zero-order chi connectivity index (χ0) is 35.4. The Labute approximate surface area is 294 Å². The molecule has 0 unspecified atom stereocenters. The van der Waals surface area contributed by atoms with Crippen LogP contribution in [-0.2, 0) is 21.4 Å². The van der Waals surface area contributed by atoms with Crippen LogP contribution in [-0.4, -0.2) is 47.8 Å². The van der Waals surface area contributed by atoms with E-state index in [-0.39, 0.29) is 43.7 Å². The smallest absolute Gasteiger partial charge is 0.248 e. The van der Waals surface area contributed by atoms with Crippen LogP contribution in [0.1, 0.15) is 61.9 Å². The molecule has 3 aromatic carbocycles. The van der Waals surface area contributed by atoms with Crippen molar-refractivity contribution < 1.29 is 19.4 Å². The maximum absolute atomic E-state index is 14.0. The molecule has 2 aromatic heterocycles. The van der Waals surface area contributed by atoms with Gasteiger partial charge in [0.2, 0.25) is 21.8 Å². The highest BCUT2D eigenvalue weighted by Gasteiger charge is 2.35. The van der Waals surface area contributed by atoms with Gasteiger partial charge in [-0.2, -0.15) is 9.42 Å². The van der Waals surface area contributed by atoms with Gasteiger partial charge in [-0.3, -0.25) is 9.78 Å². The second-order valence-electron chi connectivity index (χ2n) is 12.5. The number of fused-ring (bicyclic) bond motifs is 2.